The minimum atomic E-state index is -1.10. The summed E-state index contributed by atoms with van der Waals surface area (Å²) in [5.41, 5.74) is 5.53. The molecule has 0 saturated carbocycles. The summed E-state index contributed by atoms with van der Waals surface area (Å²) in [5.74, 6) is -2.72. The zero-order valence-electron chi connectivity index (χ0n) is 9.98. The molecule has 1 aromatic carbocycles. The standard InChI is InChI=1S/C12H11F2N3OS/c1-6(15)12-17-9(5-19-12)11(18)16-8-4-2-3-7(13)10(8)14/h2-6H,15H2,1H3,(H,16,18). The van der Waals surface area contributed by atoms with Gasteiger partial charge in [-0.05, 0) is 19.1 Å². The molecule has 0 radical (unpaired) electrons. The Labute approximate surface area is 112 Å². The van der Waals surface area contributed by atoms with E-state index in [-0.39, 0.29) is 17.4 Å². The second-order valence-electron chi connectivity index (χ2n) is 3.92. The fourth-order valence-corrected chi connectivity index (χ4v) is 2.15. The summed E-state index contributed by atoms with van der Waals surface area (Å²) < 4.78 is 26.4. The molecule has 4 nitrogen and oxygen atoms in total. The molecule has 0 aliphatic carbocycles. The molecule has 1 amide bonds. The van der Waals surface area contributed by atoms with E-state index >= 15 is 0 Å². The van der Waals surface area contributed by atoms with Crippen molar-refractivity contribution in [3.05, 3.63) is 45.9 Å². The highest BCUT2D eigenvalue weighted by atomic mass is 32.1. The van der Waals surface area contributed by atoms with E-state index in [1.165, 1.54) is 28.8 Å². The van der Waals surface area contributed by atoms with Crippen molar-refractivity contribution >= 4 is 22.9 Å². The van der Waals surface area contributed by atoms with Gasteiger partial charge in [-0.1, -0.05) is 6.07 Å². The van der Waals surface area contributed by atoms with Gasteiger partial charge in [0.15, 0.2) is 11.6 Å². The minimum Gasteiger partial charge on any atom is -0.322 e. The number of halogens is 2. The van der Waals surface area contributed by atoms with Crippen LogP contribution in [0.1, 0.15) is 28.5 Å². The van der Waals surface area contributed by atoms with Crippen LogP contribution in [0.4, 0.5) is 14.5 Å². The molecule has 0 spiro atoms. The van der Waals surface area contributed by atoms with E-state index in [0.29, 0.717) is 5.01 Å². The average molecular weight is 283 g/mol. The number of rotatable bonds is 3. The second-order valence-corrected chi connectivity index (χ2v) is 4.80. The predicted octanol–water partition coefficient (Wildman–Crippen LogP) is 2.69. The fourth-order valence-electron chi connectivity index (χ4n) is 1.39. The van der Waals surface area contributed by atoms with Gasteiger partial charge in [-0.25, -0.2) is 13.8 Å². The molecule has 1 unspecified atom stereocenters. The van der Waals surface area contributed by atoms with Crippen molar-refractivity contribution in [1.29, 1.82) is 0 Å². The molecule has 0 fully saturated rings. The van der Waals surface area contributed by atoms with E-state index in [0.717, 1.165) is 6.07 Å². The maximum absolute atomic E-state index is 13.4. The summed E-state index contributed by atoms with van der Waals surface area (Å²) in [5, 5.41) is 4.39. The SMILES string of the molecule is CC(N)c1nc(C(=O)Nc2cccc(F)c2F)cs1. The Kier molecular flexibility index (Phi) is 3.87. The highest BCUT2D eigenvalue weighted by Crippen LogP contribution is 2.19. The lowest BCUT2D eigenvalue weighted by Gasteiger charge is -2.05. The van der Waals surface area contributed by atoms with Crippen LogP contribution in [0.25, 0.3) is 0 Å². The first-order valence-electron chi connectivity index (χ1n) is 5.45. The number of benzene rings is 1. The number of anilines is 1. The molecule has 7 heteroatoms. The van der Waals surface area contributed by atoms with Gasteiger partial charge in [0, 0.05) is 5.38 Å². The Morgan fingerprint density at radius 3 is 2.84 bits per heavy atom. The molecule has 0 saturated heterocycles. The first-order chi connectivity index (χ1) is 8.99. The smallest absolute Gasteiger partial charge is 0.275 e. The molecule has 19 heavy (non-hydrogen) atoms. The Hall–Kier alpha value is -1.86. The van der Waals surface area contributed by atoms with Crippen LogP contribution >= 0.6 is 11.3 Å². The summed E-state index contributed by atoms with van der Waals surface area (Å²) in [4.78, 5) is 15.8. The van der Waals surface area contributed by atoms with Crippen LogP contribution in [0, 0.1) is 11.6 Å². The Balaban J connectivity index is 2.18. The van der Waals surface area contributed by atoms with E-state index in [1.54, 1.807) is 6.92 Å². The highest BCUT2D eigenvalue weighted by molar-refractivity contribution is 7.09. The fraction of sp³-hybridized carbons (Fsp3) is 0.167. The van der Waals surface area contributed by atoms with Crippen LogP contribution in [0.15, 0.2) is 23.6 Å². The minimum absolute atomic E-state index is 0.126. The van der Waals surface area contributed by atoms with Gasteiger partial charge in [-0.3, -0.25) is 4.79 Å². The first-order valence-corrected chi connectivity index (χ1v) is 6.33. The summed E-state index contributed by atoms with van der Waals surface area (Å²) in [6, 6.07) is 3.28. The van der Waals surface area contributed by atoms with E-state index < -0.39 is 17.5 Å². The van der Waals surface area contributed by atoms with Crippen LogP contribution in [0.3, 0.4) is 0 Å². The van der Waals surface area contributed by atoms with Crippen LogP contribution in [0.5, 0.6) is 0 Å². The second kappa shape index (κ2) is 5.41. The van der Waals surface area contributed by atoms with Gasteiger partial charge in [0.2, 0.25) is 0 Å². The number of nitrogens with zero attached hydrogens (tertiary/aromatic N) is 1. The maximum atomic E-state index is 13.4. The molecule has 1 heterocycles. The van der Waals surface area contributed by atoms with Gasteiger partial charge in [0.25, 0.3) is 5.91 Å². The van der Waals surface area contributed by atoms with Gasteiger partial charge in [0.1, 0.15) is 10.7 Å². The first kappa shape index (κ1) is 13.6. The number of nitrogens with two attached hydrogens (primary N) is 1. The van der Waals surface area contributed by atoms with Crippen LogP contribution in [-0.4, -0.2) is 10.9 Å². The van der Waals surface area contributed by atoms with Crippen LogP contribution in [-0.2, 0) is 0 Å². The zero-order chi connectivity index (χ0) is 14.0. The molecule has 2 rings (SSSR count). The van der Waals surface area contributed by atoms with E-state index in [2.05, 4.69) is 10.3 Å². The van der Waals surface area contributed by atoms with Gasteiger partial charge in [-0.2, -0.15) is 0 Å². The molecule has 3 N–H and O–H groups in total. The molecule has 1 aromatic heterocycles. The Morgan fingerprint density at radius 2 is 2.21 bits per heavy atom. The number of carbonyl (C=O) groups excluding carboxylic acids is 1. The Morgan fingerprint density at radius 1 is 1.47 bits per heavy atom. The highest BCUT2D eigenvalue weighted by Gasteiger charge is 2.15. The maximum Gasteiger partial charge on any atom is 0.275 e. The van der Waals surface area contributed by atoms with Crippen molar-refractivity contribution in [2.45, 2.75) is 13.0 Å². The van der Waals surface area contributed by atoms with Crippen molar-refractivity contribution in [2.24, 2.45) is 5.73 Å². The molecule has 0 aliphatic heterocycles. The average Bonchev–Trinajstić information content (AvgIpc) is 2.84. The molecule has 2 aromatic rings. The summed E-state index contributed by atoms with van der Waals surface area (Å²) in [6.45, 7) is 1.74. The van der Waals surface area contributed by atoms with Gasteiger partial charge in [0.05, 0.1) is 11.7 Å². The number of amides is 1. The lowest BCUT2D eigenvalue weighted by atomic mass is 10.3. The third-order valence-corrected chi connectivity index (χ3v) is 3.39. The van der Waals surface area contributed by atoms with Crippen molar-refractivity contribution in [3.8, 4) is 0 Å². The number of carbonyl (C=O) groups is 1. The summed E-state index contributed by atoms with van der Waals surface area (Å²) in [7, 11) is 0. The number of hydrogen-bond donors (Lipinski definition) is 2. The van der Waals surface area contributed by atoms with E-state index in [4.69, 9.17) is 5.73 Å². The van der Waals surface area contributed by atoms with Gasteiger partial charge in [-0.15, -0.1) is 11.3 Å². The summed E-state index contributed by atoms with van der Waals surface area (Å²) in [6.07, 6.45) is 0. The molecule has 100 valence electrons. The normalized spacial score (nSPS) is 12.2. The number of aromatic nitrogens is 1. The lowest BCUT2D eigenvalue weighted by Crippen LogP contribution is -2.14. The van der Waals surface area contributed by atoms with E-state index in [1.807, 2.05) is 0 Å². The topological polar surface area (TPSA) is 68.0 Å². The number of hydrogen-bond acceptors (Lipinski definition) is 4. The lowest BCUT2D eigenvalue weighted by molar-refractivity contribution is 0.102. The molecule has 0 aliphatic rings. The quantitative estimate of drug-likeness (QED) is 0.910. The number of nitrogens with one attached hydrogen (secondary N) is 1. The van der Waals surface area contributed by atoms with Crippen molar-refractivity contribution < 1.29 is 13.6 Å². The number of thiazole rings is 1. The van der Waals surface area contributed by atoms with Gasteiger partial charge < -0.3 is 11.1 Å². The van der Waals surface area contributed by atoms with Crippen LogP contribution in [0.2, 0.25) is 0 Å². The van der Waals surface area contributed by atoms with E-state index in [9.17, 15) is 13.6 Å². The monoisotopic (exact) mass is 283 g/mol. The molecular weight excluding hydrogens is 272 g/mol. The summed E-state index contributed by atoms with van der Waals surface area (Å²) >= 11 is 1.24. The largest absolute Gasteiger partial charge is 0.322 e. The van der Waals surface area contributed by atoms with Gasteiger partial charge >= 0.3 is 0 Å². The zero-order valence-corrected chi connectivity index (χ0v) is 10.8. The molecule has 1 atom stereocenters. The Bertz CT molecular complexity index is 613. The van der Waals surface area contributed by atoms with Crippen molar-refractivity contribution in [1.82, 2.24) is 4.98 Å². The van der Waals surface area contributed by atoms with Crippen LogP contribution < -0.4 is 11.1 Å². The molecule has 0 bridgehead atoms. The van der Waals surface area contributed by atoms with Crippen molar-refractivity contribution in [3.63, 3.8) is 0 Å². The van der Waals surface area contributed by atoms with Crippen molar-refractivity contribution in [2.75, 3.05) is 5.32 Å². The third-order valence-electron chi connectivity index (χ3n) is 2.34. The molecular formula is C12H11F2N3OS. The predicted molar refractivity (Wildman–Crippen MR) is 69.0 cm³/mol. The third kappa shape index (κ3) is 2.94.